The molecule has 2 aromatic heterocycles. The number of H-pyrrole nitrogens is 1. The van der Waals surface area contributed by atoms with E-state index in [0.29, 0.717) is 23.7 Å². The van der Waals surface area contributed by atoms with Crippen molar-refractivity contribution in [1.82, 2.24) is 19.7 Å². The second-order valence-corrected chi connectivity index (χ2v) is 8.88. The third-order valence-corrected chi connectivity index (χ3v) is 6.20. The molecule has 1 aliphatic heterocycles. The molecule has 1 atom stereocenters. The molecular formula is C25H27ClN4O3. The first-order chi connectivity index (χ1) is 15.9. The van der Waals surface area contributed by atoms with E-state index >= 15 is 0 Å². The van der Waals surface area contributed by atoms with Crippen LogP contribution in [0.15, 0.2) is 53.5 Å². The second kappa shape index (κ2) is 10.2. The summed E-state index contributed by atoms with van der Waals surface area (Å²) >= 11 is 6.01. The van der Waals surface area contributed by atoms with E-state index in [0.717, 1.165) is 36.1 Å². The number of fused-ring (bicyclic) bond motifs is 1. The molecule has 33 heavy (non-hydrogen) atoms. The molecule has 0 aliphatic carbocycles. The van der Waals surface area contributed by atoms with Crippen LogP contribution in [0.5, 0.6) is 0 Å². The number of hydrogen-bond acceptors (Lipinski definition) is 4. The monoisotopic (exact) mass is 466 g/mol. The largest absolute Gasteiger partial charge is 0.329 e. The van der Waals surface area contributed by atoms with Crippen LogP contribution in [0.2, 0.25) is 5.02 Å². The van der Waals surface area contributed by atoms with Gasteiger partial charge in [-0.15, -0.1) is 0 Å². The first-order valence-electron chi connectivity index (χ1n) is 11.3. The van der Waals surface area contributed by atoms with Gasteiger partial charge in [-0.1, -0.05) is 43.5 Å². The van der Waals surface area contributed by atoms with Gasteiger partial charge in [0, 0.05) is 35.8 Å². The Kier molecular flexibility index (Phi) is 7.08. The lowest BCUT2D eigenvalue weighted by atomic mass is 10.0. The molecule has 1 aliphatic rings. The van der Waals surface area contributed by atoms with Crippen LogP contribution >= 0.6 is 11.6 Å². The Labute approximate surface area is 197 Å². The summed E-state index contributed by atoms with van der Waals surface area (Å²) in [5.41, 5.74) is 2.75. The molecule has 0 radical (unpaired) electrons. The van der Waals surface area contributed by atoms with Crippen molar-refractivity contribution in [2.24, 2.45) is 0 Å². The normalized spacial score (nSPS) is 15.5. The molecule has 0 spiro atoms. The van der Waals surface area contributed by atoms with Crippen molar-refractivity contribution in [2.75, 3.05) is 13.1 Å². The minimum atomic E-state index is -0.185. The molecule has 3 heterocycles. The lowest BCUT2D eigenvalue weighted by molar-refractivity contribution is -0.119. The highest BCUT2D eigenvalue weighted by Gasteiger charge is 2.33. The molecule has 172 valence electrons. The van der Waals surface area contributed by atoms with Gasteiger partial charge in [-0.25, -0.2) is 0 Å². The number of nitrogens with one attached hydrogen (secondary N) is 1. The van der Waals surface area contributed by atoms with Crippen molar-refractivity contribution in [3.8, 4) is 11.3 Å². The van der Waals surface area contributed by atoms with Gasteiger partial charge in [-0.2, -0.15) is 5.10 Å². The minimum Gasteiger partial charge on any atom is -0.329 e. The number of amides is 1. The third-order valence-electron chi connectivity index (χ3n) is 5.95. The van der Waals surface area contributed by atoms with Crippen LogP contribution in [0, 0.1) is 0 Å². The SMILES string of the molecule is CCCCC1CN(CC(=O)CCc2cc[nH]c(=O)c2)C(=O)c2cc(-c3ccc(Cl)cc3)nn21. The van der Waals surface area contributed by atoms with Gasteiger partial charge in [0.15, 0.2) is 5.78 Å². The first-order valence-corrected chi connectivity index (χ1v) is 11.7. The average molecular weight is 467 g/mol. The summed E-state index contributed by atoms with van der Waals surface area (Å²) in [4.78, 5) is 41.6. The molecule has 0 bridgehead atoms. The number of hydrogen-bond donors (Lipinski definition) is 1. The van der Waals surface area contributed by atoms with Gasteiger partial charge < -0.3 is 9.88 Å². The summed E-state index contributed by atoms with van der Waals surface area (Å²) in [7, 11) is 0. The van der Waals surface area contributed by atoms with Crippen LogP contribution in [-0.4, -0.2) is 44.4 Å². The van der Waals surface area contributed by atoms with E-state index in [1.54, 1.807) is 35.4 Å². The molecular weight excluding hydrogens is 440 g/mol. The summed E-state index contributed by atoms with van der Waals surface area (Å²) in [6, 6.07) is 12.5. The number of nitrogens with zero attached hydrogens (tertiary/aromatic N) is 3. The topological polar surface area (TPSA) is 88.1 Å². The number of ketones is 1. The highest BCUT2D eigenvalue weighted by Crippen LogP contribution is 2.29. The lowest BCUT2D eigenvalue weighted by Gasteiger charge is -2.33. The fourth-order valence-electron chi connectivity index (χ4n) is 4.18. The highest BCUT2D eigenvalue weighted by atomic mass is 35.5. The molecule has 4 rings (SSSR count). The molecule has 1 unspecified atom stereocenters. The Balaban J connectivity index is 1.51. The van der Waals surface area contributed by atoms with E-state index in [4.69, 9.17) is 16.7 Å². The minimum absolute atomic E-state index is 0.0243. The van der Waals surface area contributed by atoms with Gasteiger partial charge in [0.1, 0.15) is 5.69 Å². The summed E-state index contributed by atoms with van der Waals surface area (Å²) in [5.74, 6) is -0.205. The van der Waals surface area contributed by atoms with Crippen molar-refractivity contribution in [1.29, 1.82) is 0 Å². The van der Waals surface area contributed by atoms with E-state index < -0.39 is 0 Å². The molecule has 1 amide bonds. The number of unbranched alkanes of at least 4 members (excludes halogenated alkanes) is 1. The Bertz CT molecular complexity index is 1200. The van der Waals surface area contributed by atoms with Crippen LogP contribution < -0.4 is 5.56 Å². The van der Waals surface area contributed by atoms with Crippen LogP contribution in [0.1, 0.15) is 54.7 Å². The van der Waals surface area contributed by atoms with E-state index in [2.05, 4.69) is 11.9 Å². The Morgan fingerprint density at radius 3 is 2.70 bits per heavy atom. The number of rotatable bonds is 9. The zero-order valence-electron chi connectivity index (χ0n) is 18.6. The predicted octanol–water partition coefficient (Wildman–Crippen LogP) is 4.28. The van der Waals surface area contributed by atoms with Gasteiger partial charge in [0.2, 0.25) is 5.56 Å². The van der Waals surface area contributed by atoms with Crippen molar-refractivity contribution < 1.29 is 9.59 Å². The molecule has 8 heteroatoms. The number of aromatic nitrogens is 3. The Morgan fingerprint density at radius 2 is 1.97 bits per heavy atom. The number of aryl methyl sites for hydroxylation is 1. The van der Waals surface area contributed by atoms with Crippen LogP contribution in [-0.2, 0) is 11.2 Å². The molecule has 0 saturated carbocycles. The average Bonchev–Trinajstić information content (AvgIpc) is 3.25. The fraction of sp³-hybridized carbons (Fsp3) is 0.360. The maximum atomic E-state index is 13.2. The molecule has 0 saturated heterocycles. The Hall–Kier alpha value is -3.19. The smallest absolute Gasteiger partial charge is 0.272 e. The fourth-order valence-corrected chi connectivity index (χ4v) is 4.31. The highest BCUT2D eigenvalue weighted by molar-refractivity contribution is 6.30. The van der Waals surface area contributed by atoms with Crippen molar-refractivity contribution in [3.05, 3.63) is 75.3 Å². The van der Waals surface area contributed by atoms with E-state index in [1.165, 1.54) is 6.07 Å². The standard InChI is InChI=1S/C25H27ClN4O3/c1-2-3-4-20-15-29(16-21(31)10-5-17-11-12-27-24(32)13-17)25(33)23-14-22(28-30(20)23)18-6-8-19(26)9-7-18/h6-9,11-14,20H,2-5,10,15-16H2,1H3,(H,27,32). The quantitative estimate of drug-likeness (QED) is 0.509. The number of benzene rings is 1. The molecule has 1 aromatic carbocycles. The third kappa shape index (κ3) is 5.42. The number of Topliss-reactive ketones (excluding diaryl/α,β-unsaturated/α-hetero) is 1. The van der Waals surface area contributed by atoms with Crippen LogP contribution in [0.4, 0.5) is 0 Å². The van der Waals surface area contributed by atoms with E-state index in [1.807, 2.05) is 16.8 Å². The lowest BCUT2D eigenvalue weighted by Crippen LogP contribution is -2.45. The van der Waals surface area contributed by atoms with Crippen LogP contribution in [0.25, 0.3) is 11.3 Å². The van der Waals surface area contributed by atoms with Gasteiger partial charge in [-0.05, 0) is 42.7 Å². The summed E-state index contributed by atoms with van der Waals surface area (Å²) in [6.07, 6.45) is 5.27. The molecule has 3 aromatic rings. The van der Waals surface area contributed by atoms with Gasteiger partial charge in [0.25, 0.3) is 5.91 Å². The number of carbonyl (C=O) groups is 2. The van der Waals surface area contributed by atoms with Crippen molar-refractivity contribution in [2.45, 2.75) is 45.1 Å². The summed E-state index contributed by atoms with van der Waals surface area (Å²) < 4.78 is 1.83. The first kappa shape index (κ1) is 23.0. The zero-order valence-corrected chi connectivity index (χ0v) is 19.3. The van der Waals surface area contributed by atoms with Crippen LogP contribution in [0.3, 0.4) is 0 Å². The number of aromatic amines is 1. The number of pyridine rings is 1. The molecule has 0 fully saturated rings. The summed E-state index contributed by atoms with van der Waals surface area (Å²) in [6.45, 7) is 2.66. The maximum absolute atomic E-state index is 13.2. The zero-order chi connectivity index (χ0) is 23.4. The second-order valence-electron chi connectivity index (χ2n) is 8.45. The van der Waals surface area contributed by atoms with Gasteiger partial charge >= 0.3 is 0 Å². The van der Waals surface area contributed by atoms with Crippen molar-refractivity contribution in [3.63, 3.8) is 0 Å². The Morgan fingerprint density at radius 1 is 1.18 bits per heavy atom. The molecule has 1 N–H and O–H groups in total. The number of halogens is 1. The van der Waals surface area contributed by atoms with E-state index in [9.17, 15) is 14.4 Å². The predicted molar refractivity (Wildman–Crippen MR) is 128 cm³/mol. The van der Waals surface area contributed by atoms with Crippen molar-refractivity contribution >= 4 is 23.3 Å². The van der Waals surface area contributed by atoms with Gasteiger partial charge in [-0.3, -0.25) is 19.1 Å². The maximum Gasteiger partial charge on any atom is 0.272 e. The summed E-state index contributed by atoms with van der Waals surface area (Å²) in [5, 5.41) is 5.38. The number of carbonyl (C=O) groups excluding carboxylic acids is 2. The van der Waals surface area contributed by atoms with Gasteiger partial charge in [0.05, 0.1) is 18.3 Å². The molecule has 7 nitrogen and oxygen atoms in total. The van der Waals surface area contributed by atoms with E-state index in [-0.39, 0.29) is 36.3 Å².